The molecule has 0 saturated heterocycles. The van der Waals surface area contributed by atoms with Crippen molar-refractivity contribution < 1.29 is 14.3 Å². The summed E-state index contributed by atoms with van der Waals surface area (Å²) in [6.07, 6.45) is 4.32. The first-order chi connectivity index (χ1) is 9.76. The molecule has 0 bridgehead atoms. The fraction of sp³-hybridized carbons (Fsp3) is 0.533. The minimum Gasteiger partial charge on any atom is -0.454 e. The largest absolute Gasteiger partial charge is 0.454 e. The van der Waals surface area contributed by atoms with E-state index in [4.69, 9.17) is 9.47 Å². The van der Waals surface area contributed by atoms with Gasteiger partial charge in [-0.1, -0.05) is 22.4 Å². The van der Waals surface area contributed by atoms with Gasteiger partial charge in [-0.3, -0.25) is 4.79 Å². The number of hydrogen-bond donors (Lipinski definition) is 1. The third-order valence-electron chi connectivity index (χ3n) is 4.01. The highest BCUT2D eigenvalue weighted by Crippen LogP contribution is 2.35. The lowest BCUT2D eigenvalue weighted by molar-refractivity contribution is -0.121. The molecule has 0 unspecified atom stereocenters. The lowest BCUT2D eigenvalue weighted by Crippen LogP contribution is -2.28. The summed E-state index contributed by atoms with van der Waals surface area (Å²) in [6, 6.07) is 5.52. The van der Waals surface area contributed by atoms with Crippen LogP contribution in [0.5, 0.6) is 11.5 Å². The van der Waals surface area contributed by atoms with E-state index in [1.807, 2.05) is 18.2 Å². The predicted octanol–water partition coefficient (Wildman–Crippen LogP) is 3.56. The van der Waals surface area contributed by atoms with E-state index >= 15 is 0 Å². The molecule has 0 spiro atoms. The van der Waals surface area contributed by atoms with Gasteiger partial charge >= 0.3 is 0 Å². The van der Waals surface area contributed by atoms with Crippen LogP contribution in [0.25, 0.3) is 0 Å². The fourth-order valence-corrected chi connectivity index (χ4v) is 3.48. The molecule has 1 aliphatic carbocycles. The first-order valence-corrected chi connectivity index (χ1v) is 8.15. The quantitative estimate of drug-likeness (QED) is 0.856. The van der Waals surface area contributed by atoms with Crippen molar-refractivity contribution in [1.82, 2.24) is 0 Å². The Balaban J connectivity index is 1.63. The van der Waals surface area contributed by atoms with Crippen LogP contribution in [0.1, 0.15) is 25.7 Å². The molecule has 1 heterocycles. The summed E-state index contributed by atoms with van der Waals surface area (Å²) < 4.78 is 10.6. The molecule has 0 radical (unpaired) electrons. The Labute approximate surface area is 127 Å². The number of fused-ring (bicyclic) bond motifs is 1. The van der Waals surface area contributed by atoms with Crippen molar-refractivity contribution >= 4 is 27.5 Å². The van der Waals surface area contributed by atoms with Crippen LogP contribution in [0.2, 0.25) is 0 Å². The average molecular weight is 340 g/mol. The molecule has 2 atom stereocenters. The van der Waals surface area contributed by atoms with Crippen molar-refractivity contribution in [3.05, 3.63) is 18.2 Å². The lowest BCUT2D eigenvalue weighted by atomic mass is 9.82. The van der Waals surface area contributed by atoms with Crippen LogP contribution < -0.4 is 14.8 Å². The lowest BCUT2D eigenvalue weighted by Gasteiger charge is -2.27. The molecule has 108 valence electrons. The van der Waals surface area contributed by atoms with Crippen molar-refractivity contribution in [2.75, 3.05) is 17.4 Å². The second-order valence-electron chi connectivity index (χ2n) is 5.44. The number of nitrogens with one attached hydrogen (secondary N) is 1. The summed E-state index contributed by atoms with van der Waals surface area (Å²) in [7, 11) is 0. The molecule has 0 aromatic heterocycles. The first-order valence-electron chi connectivity index (χ1n) is 7.02. The number of anilines is 1. The van der Waals surface area contributed by atoms with Gasteiger partial charge in [0.2, 0.25) is 12.7 Å². The molecule has 2 aliphatic rings. The summed E-state index contributed by atoms with van der Waals surface area (Å²) in [5.74, 6) is 2.30. The minimum atomic E-state index is 0.120. The maximum Gasteiger partial charge on any atom is 0.231 e. The number of hydrogen-bond acceptors (Lipinski definition) is 3. The molecule has 4 nitrogen and oxygen atoms in total. The zero-order valence-electron chi connectivity index (χ0n) is 11.2. The summed E-state index contributed by atoms with van der Waals surface area (Å²) in [4.78, 5) is 12.3. The Bertz CT molecular complexity index is 506. The molecule has 20 heavy (non-hydrogen) atoms. The summed E-state index contributed by atoms with van der Waals surface area (Å²) in [6.45, 7) is 0.252. The van der Waals surface area contributed by atoms with Gasteiger partial charge in [0.05, 0.1) is 0 Å². The van der Waals surface area contributed by atoms with Crippen LogP contribution in [0.3, 0.4) is 0 Å². The van der Waals surface area contributed by atoms with Crippen LogP contribution in [0.4, 0.5) is 5.69 Å². The molecular formula is C15H18BrNO3. The van der Waals surface area contributed by atoms with Gasteiger partial charge in [-0.2, -0.15) is 0 Å². The van der Waals surface area contributed by atoms with Gasteiger partial charge in [0.15, 0.2) is 11.5 Å². The van der Waals surface area contributed by atoms with Crippen LogP contribution in [0.15, 0.2) is 18.2 Å². The summed E-state index contributed by atoms with van der Waals surface area (Å²) in [5, 5.41) is 3.98. The van der Waals surface area contributed by atoms with E-state index in [0.717, 1.165) is 36.0 Å². The Morgan fingerprint density at radius 1 is 1.30 bits per heavy atom. The Hall–Kier alpha value is -1.23. The van der Waals surface area contributed by atoms with Gasteiger partial charge in [0.25, 0.3) is 0 Å². The number of carbonyl (C=O) groups is 1. The van der Waals surface area contributed by atoms with Crippen LogP contribution in [-0.2, 0) is 4.79 Å². The molecule has 1 amide bonds. The van der Waals surface area contributed by atoms with Gasteiger partial charge in [0, 0.05) is 23.0 Å². The number of benzene rings is 1. The second kappa shape index (κ2) is 6.04. The SMILES string of the molecule is O=C(Nc1ccc2c(c1)OCO2)[C@@H]1CCC[C@H](CBr)C1. The normalized spacial score (nSPS) is 24.4. The molecule has 3 rings (SSSR count). The Morgan fingerprint density at radius 3 is 3.00 bits per heavy atom. The van der Waals surface area contributed by atoms with E-state index in [-0.39, 0.29) is 18.6 Å². The van der Waals surface area contributed by atoms with Crippen molar-refractivity contribution in [3.63, 3.8) is 0 Å². The minimum absolute atomic E-state index is 0.120. The zero-order chi connectivity index (χ0) is 13.9. The molecule has 1 aromatic carbocycles. The highest BCUT2D eigenvalue weighted by atomic mass is 79.9. The predicted molar refractivity (Wildman–Crippen MR) is 80.4 cm³/mol. The van der Waals surface area contributed by atoms with E-state index in [0.29, 0.717) is 11.7 Å². The van der Waals surface area contributed by atoms with E-state index in [1.165, 1.54) is 6.42 Å². The van der Waals surface area contributed by atoms with Gasteiger partial charge in [0.1, 0.15) is 0 Å². The van der Waals surface area contributed by atoms with Gasteiger partial charge in [-0.15, -0.1) is 0 Å². The number of rotatable bonds is 3. The molecule has 1 fully saturated rings. The monoisotopic (exact) mass is 339 g/mol. The van der Waals surface area contributed by atoms with E-state index in [2.05, 4.69) is 21.2 Å². The summed E-state index contributed by atoms with van der Waals surface area (Å²) >= 11 is 3.53. The number of amides is 1. The molecule has 1 saturated carbocycles. The van der Waals surface area contributed by atoms with Crippen LogP contribution in [-0.4, -0.2) is 18.0 Å². The molecule has 1 N–H and O–H groups in total. The van der Waals surface area contributed by atoms with Crippen molar-refractivity contribution in [2.24, 2.45) is 11.8 Å². The summed E-state index contributed by atoms with van der Waals surface area (Å²) in [5.41, 5.74) is 0.778. The van der Waals surface area contributed by atoms with Crippen LogP contribution in [0, 0.1) is 11.8 Å². The Kier molecular flexibility index (Phi) is 4.15. The third kappa shape index (κ3) is 2.92. The highest BCUT2D eigenvalue weighted by Gasteiger charge is 2.27. The van der Waals surface area contributed by atoms with Crippen molar-refractivity contribution in [3.8, 4) is 11.5 Å². The number of ether oxygens (including phenoxy) is 2. The third-order valence-corrected chi connectivity index (χ3v) is 4.93. The first kappa shape index (κ1) is 13.7. The standard InChI is InChI=1S/C15H18BrNO3/c16-8-10-2-1-3-11(6-10)15(18)17-12-4-5-13-14(7-12)20-9-19-13/h4-5,7,10-11H,1-3,6,8-9H2,(H,17,18)/t10-,11+/m0/s1. The smallest absolute Gasteiger partial charge is 0.231 e. The fourth-order valence-electron chi connectivity index (χ4n) is 2.89. The van der Waals surface area contributed by atoms with Crippen LogP contribution >= 0.6 is 15.9 Å². The molecular weight excluding hydrogens is 322 g/mol. The van der Waals surface area contributed by atoms with E-state index in [9.17, 15) is 4.79 Å². The van der Waals surface area contributed by atoms with Crippen molar-refractivity contribution in [2.45, 2.75) is 25.7 Å². The van der Waals surface area contributed by atoms with E-state index in [1.54, 1.807) is 0 Å². The molecule has 1 aromatic rings. The number of alkyl halides is 1. The topological polar surface area (TPSA) is 47.6 Å². The van der Waals surface area contributed by atoms with Crippen molar-refractivity contribution in [1.29, 1.82) is 0 Å². The Morgan fingerprint density at radius 2 is 2.15 bits per heavy atom. The maximum atomic E-state index is 12.3. The van der Waals surface area contributed by atoms with Gasteiger partial charge < -0.3 is 14.8 Å². The molecule has 5 heteroatoms. The van der Waals surface area contributed by atoms with E-state index < -0.39 is 0 Å². The number of carbonyl (C=O) groups excluding carboxylic acids is 1. The highest BCUT2D eigenvalue weighted by molar-refractivity contribution is 9.09. The molecule has 1 aliphatic heterocycles. The van der Waals surface area contributed by atoms with Gasteiger partial charge in [-0.25, -0.2) is 0 Å². The average Bonchev–Trinajstić information content (AvgIpc) is 2.95. The maximum absolute atomic E-state index is 12.3. The number of halogens is 1. The second-order valence-corrected chi connectivity index (χ2v) is 6.09. The van der Waals surface area contributed by atoms with Gasteiger partial charge in [-0.05, 0) is 37.3 Å². The zero-order valence-corrected chi connectivity index (χ0v) is 12.8.